The minimum Gasteiger partial charge on any atom is -0.493 e. The Morgan fingerprint density at radius 2 is 1.76 bits per heavy atom. The number of benzene rings is 3. The van der Waals surface area contributed by atoms with Crippen LogP contribution >= 0.6 is 0 Å². The largest absolute Gasteiger partial charge is 0.493 e. The van der Waals surface area contributed by atoms with Crippen molar-refractivity contribution in [1.82, 2.24) is 14.9 Å². The number of hydrogen-bond donors (Lipinski definition) is 0. The van der Waals surface area contributed by atoms with Crippen molar-refractivity contribution < 1.29 is 18.9 Å². The van der Waals surface area contributed by atoms with Gasteiger partial charge in [0, 0.05) is 31.1 Å². The lowest BCUT2D eigenvalue weighted by Gasteiger charge is -2.26. The van der Waals surface area contributed by atoms with E-state index in [0.717, 1.165) is 66.7 Å². The zero-order valence-electron chi connectivity index (χ0n) is 18.7. The van der Waals surface area contributed by atoms with E-state index in [1.165, 1.54) is 6.33 Å². The minimum atomic E-state index is 0.480. The first-order valence-electron chi connectivity index (χ1n) is 11.2. The van der Waals surface area contributed by atoms with Crippen LogP contribution in [0.25, 0.3) is 21.7 Å². The van der Waals surface area contributed by atoms with Gasteiger partial charge in [0.25, 0.3) is 0 Å². The molecule has 0 unspecified atom stereocenters. The molecule has 33 heavy (non-hydrogen) atoms. The van der Waals surface area contributed by atoms with Crippen LogP contribution in [-0.4, -0.2) is 61.4 Å². The Balaban J connectivity index is 1.35. The fourth-order valence-corrected chi connectivity index (χ4v) is 4.08. The third kappa shape index (κ3) is 4.84. The van der Waals surface area contributed by atoms with Crippen LogP contribution in [0.1, 0.15) is 6.42 Å². The molecular weight excluding hydrogens is 418 g/mol. The molecule has 4 aromatic rings. The fraction of sp³-hybridized carbons (Fsp3) is 0.308. The molecule has 1 saturated heterocycles. The highest BCUT2D eigenvalue weighted by molar-refractivity contribution is 5.90. The van der Waals surface area contributed by atoms with Crippen LogP contribution in [0.2, 0.25) is 0 Å². The van der Waals surface area contributed by atoms with Gasteiger partial charge in [0.2, 0.25) is 5.88 Å². The average Bonchev–Trinajstić information content (AvgIpc) is 2.87. The molecule has 0 N–H and O–H groups in total. The maximum Gasteiger partial charge on any atom is 0.230 e. The van der Waals surface area contributed by atoms with Crippen LogP contribution in [0.15, 0.2) is 60.9 Å². The van der Waals surface area contributed by atoms with Gasteiger partial charge in [-0.15, -0.1) is 0 Å². The monoisotopic (exact) mass is 445 g/mol. The molecule has 2 heterocycles. The molecule has 1 aromatic heterocycles. The molecule has 1 aliphatic heterocycles. The minimum absolute atomic E-state index is 0.480. The second-order valence-electron chi connectivity index (χ2n) is 7.93. The lowest BCUT2D eigenvalue weighted by atomic mass is 10.1. The van der Waals surface area contributed by atoms with Crippen LogP contribution in [-0.2, 0) is 4.74 Å². The summed E-state index contributed by atoms with van der Waals surface area (Å²) in [5.41, 5.74) is 0.740. The van der Waals surface area contributed by atoms with E-state index in [1.54, 1.807) is 7.11 Å². The Morgan fingerprint density at radius 1 is 0.909 bits per heavy atom. The van der Waals surface area contributed by atoms with E-state index in [0.29, 0.717) is 24.0 Å². The van der Waals surface area contributed by atoms with Crippen molar-refractivity contribution in [2.45, 2.75) is 6.42 Å². The summed E-state index contributed by atoms with van der Waals surface area (Å²) >= 11 is 0. The number of aromatic nitrogens is 2. The summed E-state index contributed by atoms with van der Waals surface area (Å²) in [6.45, 7) is 5.17. The Kier molecular flexibility index (Phi) is 6.51. The summed E-state index contributed by atoms with van der Waals surface area (Å²) in [5, 5.41) is 2.90. The van der Waals surface area contributed by atoms with Gasteiger partial charge in [0.15, 0.2) is 11.5 Å². The van der Waals surface area contributed by atoms with Crippen LogP contribution in [0.3, 0.4) is 0 Å². The van der Waals surface area contributed by atoms with E-state index in [4.69, 9.17) is 18.9 Å². The van der Waals surface area contributed by atoms with Gasteiger partial charge in [-0.25, -0.2) is 9.97 Å². The molecule has 0 amide bonds. The molecule has 0 aliphatic carbocycles. The van der Waals surface area contributed by atoms with E-state index < -0.39 is 0 Å². The Hall–Kier alpha value is -3.42. The topological polar surface area (TPSA) is 65.9 Å². The molecule has 7 nitrogen and oxygen atoms in total. The molecule has 0 bridgehead atoms. The van der Waals surface area contributed by atoms with Crippen molar-refractivity contribution in [2.75, 3.05) is 46.6 Å². The van der Waals surface area contributed by atoms with E-state index in [9.17, 15) is 0 Å². The molecule has 0 atom stereocenters. The first-order valence-corrected chi connectivity index (χ1v) is 11.2. The Morgan fingerprint density at radius 3 is 2.64 bits per heavy atom. The van der Waals surface area contributed by atoms with Gasteiger partial charge in [-0.1, -0.05) is 36.4 Å². The molecule has 1 fully saturated rings. The molecule has 0 radical (unpaired) electrons. The quantitative estimate of drug-likeness (QED) is 0.365. The molecule has 3 aromatic carbocycles. The van der Waals surface area contributed by atoms with Gasteiger partial charge in [0.05, 0.1) is 37.8 Å². The predicted molar refractivity (Wildman–Crippen MR) is 127 cm³/mol. The van der Waals surface area contributed by atoms with Crippen molar-refractivity contribution in [2.24, 2.45) is 0 Å². The van der Waals surface area contributed by atoms with Crippen LogP contribution in [0.4, 0.5) is 0 Å². The first kappa shape index (κ1) is 21.4. The normalized spacial score (nSPS) is 14.5. The molecule has 170 valence electrons. The van der Waals surface area contributed by atoms with E-state index in [2.05, 4.69) is 27.0 Å². The smallest absolute Gasteiger partial charge is 0.230 e. The average molecular weight is 446 g/mol. The number of morpholine rings is 1. The van der Waals surface area contributed by atoms with Crippen molar-refractivity contribution in [3.05, 3.63) is 60.9 Å². The number of ether oxygens (including phenoxy) is 4. The third-order valence-corrected chi connectivity index (χ3v) is 5.82. The van der Waals surface area contributed by atoms with Gasteiger partial charge >= 0.3 is 0 Å². The Bertz CT molecular complexity index is 1240. The summed E-state index contributed by atoms with van der Waals surface area (Å²) in [6.07, 6.45) is 2.44. The van der Waals surface area contributed by atoms with E-state index in [1.807, 2.05) is 42.5 Å². The van der Waals surface area contributed by atoms with E-state index in [-0.39, 0.29) is 0 Å². The summed E-state index contributed by atoms with van der Waals surface area (Å²) in [5.74, 6) is 2.53. The van der Waals surface area contributed by atoms with Crippen LogP contribution in [0, 0.1) is 0 Å². The zero-order valence-corrected chi connectivity index (χ0v) is 18.7. The number of methoxy groups -OCH3 is 1. The molecular formula is C26H27N3O4. The predicted octanol–water partition coefficient (Wildman–Crippen LogP) is 4.69. The molecule has 7 heteroatoms. The SMILES string of the molecule is COc1cc2c(Oc3cccc4ccccc34)ncnc2cc1OCCCN1CCOCC1. The second kappa shape index (κ2) is 10.0. The lowest BCUT2D eigenvalue weighted by molar-refractivity contribution is 0.0357. The summed E-state index contributed by atoms with van der Waals surface area (Å²) < 4.78 is 23.3. The maximum absolute atomic E-state index is 6.25. The number of nitrogens with zero attached hydrogens (tertiary/aromatic N) is 3. The summed E-state index contributed by atoms with van der Waals surface area (Å²) in [7, 11) is 1.64. The summed E-state index contributed by atoms with van der Waals surface area (Å²) in [6, 6.07) is 17.9. The molecule has 1 aliphatic rings. The van der Waals surface area contributed by atoms with Gasteiger partial charge in [-0.3, -0.25) is 4.90 Å². The highest BCUT2D eigenvalue weighted by atomic mass is 16.5. The maximum atomic E-state index is 6.25. The van der Waals surface area contributed by atoms with Gasteiger partial charge in [-0.2, -0.15) is 0 Å². The van der Waals surface area contributed by atoms with Crippen molar-refractivity contribution in [3.63, 3.8) is 0 Å². The van der Waals surface area contributed by atoms with Crippen LogP contribution in [0.5, 0.6) is 23.1 Å². The van der Waals surface area contributed by atoms with Crippen molar-refractivity contribution >= 4 is 21.7 Å². The summed E-state index contributed by atoms with van der Waals surface area (Å²) in [4.78, 5) is 11.2. The van der Waals surface area contributed by atoms with Crippen molar-refractivity contribution in [3.8, 4) is 23.1 Å². The zero-order chi connectivity index (χ0) is 22.5. The first-order chi connectivity index (χ1) is 16.3. The van der Waals surface area contributed by atoms with Gasteiger partial charge in [0.1, 0.15) is 12.1 Å². The lowest BCUT2D eigenvalue weighted by Crippen LogP contribution is -2.37. The van der Waals surface area contributed by atoms with Gasteiger partial charge < -0.3 is 18.9 Å². The van der Waals surface area contributed by atoms with E-state index >= 15 is 0 Å². The third-order valence-electron chi connectivity index (χ3n) is 5.82. The molecule has 0 spiro atoms. The van der Waals surface area contributed by atoms with Crippen molar-refractivity contribution in [1.29, 1.82) is 0 Å². The Labute approximate surface area is 192 Å². The van der Waals surface area contributed by atoms with Crippen LogP contribution < -0.4 is 14.2 Å². The standard InChI is InChI=1S/C26H27N3O4/c1-30-24-16-21-22(17-25(24)32-13-5-10-29-11-14-31-15-12-29)27-18-28-26(21)33-23-9-4-7-19-6-2-3-8-20(19)23/h2-4,6-9,16-18H,5,10-15H2,1H3. The van der Waals surface area contributed by atoms with Gasteiger partial charge in [-0.05, 0) is 23.9 Å². The highest BCUT2D eigenvalue weighted by Crippen LogP contribution is 2.37. The molecule has 0 saturated carbocycles. The fourth-order valence-electron chi connectivity index (χ4n) is 4.08. The second-order valence-corrected chi connectivity index (χ2v) is 7.93. The number of hydrogen-bond acceptors (Lipinski definition) is 7. The number of fused-ring (bicyclic) bond motifs is 2. The molecule has 5 rings (SSSR count). The highest BCUT2D eigenvalue weighted by Gasteiger charge is 2.15. The number of rotatable bonds is 8.